The van der Waals surface area contributed by atoms with Crippen LogP contribution < -0.4 is 10.9 Å². The molecule has 3 aromatic rings. The van der Waals surface area contributed by atoms with Crippen LogP contribution >= 0.6 is 0 Å². The average Bonchev–Trinajstić information content (AvgIpc) is 2.86. The molecule has 0 saturated carbocycles. The van der Waals surface area contributed by atoms with Crippen LogP contribution in [0.15, 0.2) is 35.1 Å². The molecule has 2 N–H and O–H groups in total. The maximum absolute atomic E-state index is 12.0. The maximum Gasteiger partial charge on any atom is 0.271 e. The van der Waals surface area contributed by atoms with Crippen molar-refractivity contribution in [2.45, 2.75) is 20.4 Å². The van der Waals surface area contributed by atoms with E-state index in [1.807, 2.05) is 38.1 Å². The molecule has 2 heterocycles. The average molecular weight is 297 g/mol. The highest BCUT2D eigenvalue weighted by Crippen LogP contribution is 2.08. The number of benzene rings is 1. The van der Waals surface area contributed by atoms with Crippen LogP contribution in [0.4, 0.5) is 5.69 Å². The fourth-order valence-corrected chi connectivity index (χ4v) is 2.11. The van der Waals surface area contributed by atoms with Crippen LogP contribution in [0.3, 0.4) is 0 Å². The number of pyridine rings is 1. The molecule has 0 aliphatic heterocycles. The Morgan fingerprint density at radius 3 is 2.50 bits per heavy atom. The van der Waals surface area contributed by atoms with Crippen LogP contribution in [0, 0.1) is 13.8 Å². The third-order valence-corrected chi connectivity index (χ3v) is 3.39. The minimum atomic E-state index is -0.353. The van der Waals surface area contributed by atoms with Gasteiger partial charge in [-0.15, -0.1) is 0 Å². The van der Waals surface area contributed by atoms with Gasteiger partial charge in [0.2, 0.25) is 5.91 Å². The Hall–Kier alpha value is -2.96. The predicted octanol–water partition coefficient (Wildman–Crippen LogP) is 1.38. The van der Waals surface area contributed by atoms with E-state index in [0.29, 0.717) is 0 Å². The summed E-state index contributed by atoms with van der Waals surface area (Å²) in [5.74, 6) is -0.353. The molecule has 0 atom stereocenters. The van der Waals surface area contributed by atoms with Gasteiger partial charge in [-0.3, -0.25) is 9.59 Å². The fourth-order valence-electron chi connectivity index (χ4n) is 2.11. The van der Waals surface area contributed by atoms with Crippen molar-refractivity contribution in [1.82, 2.24) is 20.0 Å². The summed E-state index contributed by atoms with van der Waals surface area (Å²) < 4.78 is 0. The zero-order chi connectivity index (χ0) is 15.7. The van der Waals surface area contributed by atoms with Crippen molar-refractivity contribution in [3.05, 3.63) is 51.9 Å². The van der Waals surface area contributed by atoms with Crippen LogP contribution in [0.5, 0.6) is 0 Å². The van der Waals surface area contributed by atoms with Crippen LogP contribution in [0.1, 0.15) is 11.3 Å². The summed E-state index contributed by atoms with van der Waals surface area (Å²) in [5, 5.41) is 11.0. The summed E-state index contributed by atoms with van der Waals surface area (Å²) in [6.07, 6.45) is 0. The first-order chi connectivity index (χ1) is 10.5. The number of fused-ring (bicyclic) bond motifs is 1. The molecule has 0 fully saturated rings. The second-order valence-electron chi connectivity index (χ2n) is 5.09. The SMILES string of the molecule is Cc1cc(NC(=O)Cn2nc3ccccc3n2)c(=O)[nH]c1C. The highest BCUT2D eigenvalue weighted by atomic mass is 16.2. The molecule has 0 aliphatic carbocycles. The Labute approximate surface area is 126 Å². The molecule has 1 aromatic carbocycles. The minimum Gasteiger partial charge on any atom is -0.324 e. The molecule has 0 aliphatic rings. The van der Waals surface area contributed by atoms with E-state index >= 15 is 0 Å². The van der Waals surface area contributed by atoms with Gasteiger partial charge in [0, 0.05) is 5.69 Å². The Balaban J connectivity index is 1.77. The number of H-pyrrole nitrogens is 1. The number of aromatic nitrogens is 4. The molecule has 0 saturated heterocycles. The van der Waals surface area contributed by atoms with Gasteiger partial charge >= 0.3 is 0 Å². The summed E-state index contributed by atoms with van der Waals surface area (Å²) >= 11 is 0. The first kappa shape index (κ1) is 14.0. The topological polar surface area (TPSA) is 92.7 Å². The molecule has 3 rings (SSSR count). The van der Waals surface area contributed by atoms with Crippen molar-refractivity contribution >= 4 is 22.6 Å². The largest absolute Gasteiger partial charge is 0.324 e. The number of hydrogen-bond donors (Lipinski definition) is 2. The van der Waals surface area contributed by atoms with E-state index in [2.05, 4.69) is 20.5 Å². The summed E-state index contributed by atoms with van der Waals surface area (Å²) in [7, 11) is 0. The number of carbonyl (C=O) groups excluding carboxylic acids is 1. The molecule has 0 bridgehead atoms. The van der Waals surface area contributed by atoms with Gasteiger partial charge < -0.3 is 10.3 Å². The van der Waals surface area contributed by atoms with Crippen LogP contribution in [-0.4, -0.2) is 25.9 Å². The summed E-state index contributed by atoms with van der Waals surface area (Å²) in [5.41, 5.74) is 3.03. The molecule has 7 heteroatoms. The highest BCUT2D eigenvalue weighted by molar-refractivity contribution is 5.90. The second-order valence-corrected chi connectivity index (χ2v) is 5.09. The summed E-state index contributed by atoms with van der Waals surface area (Å²) in [6.45, 7) is 3.62. The smallest absolute Gasteiger partial charge is 0.271 e. The quantitative estimate of drug-likeness (QED) is 0.763. The number of amides is 1. The Morgan fingerprint density at radius 2 is 1.86 bits per heavy atom. The molecular weight excluding hydrogens is 282 g/mol. The molecule has 0 unspecified atom stereocenters. The number of anilines is 1. The van der Waals surface area contributed by atoms with Crippen molar-refractivity contribution in [2.75, 3.05) is 5.32 Å². The number of aryl methyl sites for hydroxylation is 2. The van der Waals surface area contributed by atoms with Crippen molar-refractivity contribution in [3.63, 3.8) is 0 Å². The third kappa shape index (κ3) is 2.73. The first-order valence-electron chi connectivity index (χ1n) is 6.83. The fraction of sp³-hybridized carbons (Fsp3) is 0.200. The number of nitrogens with zero attached hydrogens (tertiary/aromatic N) is 3. The van der Waals surface area contributed by atoms with E-state index < -0.39 is 0 Å². The van der Waals surface area contributed by atoms with E-state index in [0.717, 1.165) is 22.3 Å². The lowest BCUT2D eigenvalue weighted by Gasteiger charge is -2.06. The lowest BCUT2D eigenvalue weighted by atomic mass is 10.2. The molecule has 22 heavy (non-hydrogen) atoms. The van der Waals surface area contributed by atoms with Crippen LogP contribution in [-0.2, 0) is 11.3 Å². The Bertz CT molecular complexity index is 877. The summed E-state index contributed by atoms with van der Waals surface area (Å²) in [6, 6.07) is 9.01. The zero-order valence-electron chi connectivity index (χ0n) is 12.3. The predicted molar refractivity (Wildman–Crippen MR) is 82.7 cm³/mol. The molecule has 1 amide bonds. The van der Waals surface area contributed by atoms with Gasteiger partial charge in [0.25, 0.3) is 5.56 Å². The van der Waals surface area contributed by atoms with Crippen LogP contribution in [0.2, 0.25) is 0 Å². The Kier molecular flexibility index (Phi) is 3.46. The van der Waals surface area contributed by atoms with Gasteiger partial charge in [-0.05, 0) is 37.6 Å². The van der Waals surface area contributed by atoms with Crippen molar-refractivity contribution in [2.24, 2.45) is 0 Å². The van der Waals surface area contributed by atoms with Crippen molar-refractivity contribution < 1.29 is 4.79 Å². The van der Waals surface area contributed by atoms with E-state index in [1.54, 1.807) is 6.07 Å². The van der Waals surface area contributed by atoms with Gasteiger partial charge in [-0.1, -0.05) is 12.1 Å². The van der Waals surface area contributed by atoms with E-state index in [1.165, 1.54) is 4.80 Å². The number of nitrogens with one attached hydrogen (secondary N) is 2. The van der Waals surface area contributed by atoms with Gasteiger partial charge in [-0.25, -0.2) is 0 Å². The maximum atomic E-state index is 12.0. The molecule has 2 aromatic heterocycles. The normalized spacial score (nSPS) is 10.8. The van der Waals surface area contributed by atoms with E-state index in [4.69, 9.17) is 0 Å². The van der Waals surface area contributed by atoms with Crippen molar-refractivity contribution in [3.8, 4) is 0 Å². The monoisotopic (exact) mass is 297 g/mol. The van der Waals surface area contributed by atoms with Crippen LogP contribution in [0.25, 0.3) is 11.0 Å². The minimum absolute atomic E-state index is 0.0545. The molecule has 0 radical (unpaired) electrons. The number of carbonyl (C=O) groups is 1. The number of aromatic amines is 1. The standard InChI is InChI=1S/C15H15N5O2/c1-9-7-13(15(22)16-10(9)2)17-14(21)8-20-18-11-5-3-4-6-12(11)19-20/h3-7H,8H2,1-2H3,(H,16,22)(H,17,21). The number of rotatable bonds is 3. The van der Waals surface area contributed by atoms with Crippen molar-refractivity contribution in [1.29, 1.82) is 0 Å². The third-order valence-electron chi connectivity index (χ3n) is 3.39. The summed E-state index contributed by atoms with van der Waals surface area (Å²) in [4.78, 5) is 27.9. The van der Waals surface area contributed by atoms with Gasteiger partial charge in [0.15, 0.2) is 0 Å². The van der Waals surface area contributed by atoms with Gasteiger partial charge in [0.1, 0.15) is 23.3 Å². The lowest BCUT2D eigenvalue weighted by molar-refractivity contribution is -0.117. The molecule has 112 valence electrons. The molecular formula is C15H15N5O2. The molecule has 0 spiro atoms. The van der Waals surface area contributed by atoms with E-state index in [9.17, 15) is 9.59 Å². The van der Waals surface area contributed by atoms with E-state index in [-0.39, 0.29) is 23.7 Å². The lowest BCUT2D eigenvalue weighted by Crippen LogP contribution is -2.25. The van der Waals surface area contributed by atoms with Gasteiger partial charge in [-0.2, -0.15) is 15.0 Å². The Morgan fingerprint density at radius 1 is 1.23 bits per heavy atom. The second kappa shape index (κ2) is 5.44. The van der Waals surface area contributed by atoms with Gasteiger partial charge in [0.05, 0.1) is 0 Å². The molecule has 7 nitrogen and oxygen atoms in total. The highest BCUT2D eigenvalue weighted by Gasteiger charge is 2.10. The first-order valence-corrected chi connectivity index (χ1v) is 6.83. The zero-order valence-corrected chi connectivity index (χ0v) is 12.3. The number of hydrogen-bond acceptors (Lipinski definition) is 4.